The number of ether oxygens (including phenoxy) is 1. The smallest absolute Gasteiger partial charge is 0.251 e. The lowest BCUT2D eigenvalue weighted by molar-refractivity contribution is -0.116. The van der Waals surface area contributed by atoms with Gasteiger partial charge in [-0.05, 0) is 67.6 Å². The van der Waals surface area contributed by atoms with E-state index in [2.05, 4.69) is 10.2 Å². The van der Waals surface area contributed by atoms with E-state index in [1.807, 2.05) is 43.0 Å². The molecule has 0 radical (unpaired) electrons. The summed E-state index contributed by atoms with van der Waals surface area (Å²) in [6.45, 7) is 9.70. The van der Waals surface area contributed by atoms with E-state index in [0.717, 1.165) is 63.1 Å². The molecule has 0 spiro atoms. The lowest BCUT2D eigenvalue weighted by Crippen LogP contribution is -2.40. The molecule has 0 unspecified atom stereocenters. The maximum Gasteiger partial charge on any atom is 0.251 e. The maximum atomic E-state index is 14.4. The van der Waals surface area contributed by atoms with Gasteiger partial charge in [0.05, 0.1) is 0 Å². The average molecular weight is 538 g/mol. The zero-order valence-corrected chi connectivity index (χ0v) is 23.8. The molecule has 0 aliphatic carbocycles. The van der Waals surface area contributed by atoms with Crippen molar-refractivity contribution in [1.29, 1.82) is 0 Å². The van der Waals surface area contributed by atoms with Gasteiger partial charge < -0.3 is 15.0 Å². The Hall–Kier alpha value is -2.77. The fourth-order valence-electron chi connectivity index (χ4n) is 5.85. The number of halogens is 1. The zero-order valence-electron chi connectivity index (χ0n) is 23.8. The number of nitrogens with one attached hydrogen (secondary N) is 1. The van der Waals surface area contributed by atoms with Crippen LogP contribution in [-0.4, -0.2) is 55.6 Å². The highest BCUT2D eigenvalue weighted by Gasteiger charge is 2.27. The molecule has 0 bridgehead atoms. The minimum absolute atomic E-state index is 0.0229. The summed E-state index contributed by atoms with van der Waals surface area (Å²) in [4.78, 5) is 30.5. The Kier molecular flexibility index (Phi) is 10.1. The first-order valence-corrected chi connectivity index (χ1v) is 14.5. The van der Waals surface area contributed by atoms with E-state index in [1.165, 1.54) is 18.9 Å². The van der Waals surface area contributed by atoms with Gasteiger partial charge >= 0.3 is 0 Å². The largest absolute Gasteiger partial charge is 0.381 e. The number of amides is 2. The van der Waals surface area contributed by atoms with Crippen LogP contribution in [0.15, 0.2) is 42.5 Å². The maximum absolute atomic E-state index is 14.4. The summed E-state index contributed by atoms with van der Waals surface area (Å²) >= 11 is 0. The second-order valence-corrected chi connectivity index (χ2v) is 11.6. The normalized spacial score (nSPS) is 18.5. The summed E-state index contributed by atoms with van der Waals surface area (Å²) in [5, 5.41) is 3.03. The van der Waals surface area contributed by atoms with Gasteiger partial charge in [-0.3, -0.25) is 14.5 Å². The van der Waals surface area contributed by atoms with Crippen LogP contribution in [0.1, 0.15) is 87.2 Å². The van der Waals surface area contributed by atoms with Crippen LogP contribution in [0.5, 0.6) is 0 Å². The van der Waals surface area contributed by atoms with Crippen molar-refractivity contribution >= 4 is 17.5 Å². The van der Waals surface area contributed by atoms with Crippen LogP contribution in [0.4, 0.5) is 10.1 Å². The van der Waals surface area contributed by atoms with Gasteiger partial charge in [-0.2, -0.15) is 0 Å². The minimum Gasteiger partial charge on any atom is -0.381 e. The quantitative estimate of drug-likeness (QED) is 0.521. The molecule has 1 N–H and O–H groups in total. The van der Waals surface area contributed by atoms with E-state index in [1.54, 1.807) is 19.1 Å². The summed E-state index contributed by atoms with van der Waals surface area (Å²) in [7, 11) is 0. The molecule has 2 amide bonds. The molecule has 0 atom stereocenters. The van der Waals surface area contributed by atoms with E-state index in [0.29, 0.717) is 36.8 Å². The minimum atomic E-state index is -0.567. The van der Waals surface area contributed by atoms with Crippen LogP contribution < -0.4 is 10.2 Å². The van der Waals surface area contributed by atoms with Crippen LogP contribution in [0.3, 0.4) is 0 Å². The van der Waals surface area contributed by atoms with E-state index < -0.39 is 5.41 Å². The van der Waals surface area contributed by atoms with Crippen molar-refractivity contribution < 1.29 is 18.7 Å². The summed E-state index contributed by atoms with van der Waals surface area (Å²) < 4.78 is 20.1. The second kappa shape index (κ2) is 13.5. The lowest BCUT2D eigenvalue weighted by Gasteiger charge is -2.36. The average Bonchev–Trinajstić information content (AvgIpc) is 2.92. The first kappa shape index (κ1) is 29.2. The highest BCUT2D eigenvalue weighted by Crippen LogP contribution is 2.29. The number of fused-ring (bicyclic) bond motifs is 1. The zero-order chi connectivity index (χ0) is 27.8. The van der Waals surface area contributed by atoms with E-state index in [-0.39, 0.29) is 17.6 Å². The van der Waals surface area contributed by atoms with Crippen LogP contribution in [-0.2, 0) is 21.5 Å². The molecule has 2 aliphatic rings. The van der Waals surface area contributed by atoms with Crippen molar-refractivity contribution in [2.45, 2.75) is 83.7 Å². The topological polar surface area (TPSA) is 61.9 Å². The van der Waals surface area contributed by atoms with Crippen molar-refractivity contribution in [2.75, 3.05) is 37.7 Å². The molecule has 1 saturated heterocycles. The van der Waals surface area contributed by atoms with Crippen LogP contribution in [0, 0.1) is 5.82 Å². The molecule has 0 saturated carbocycles. The molecule has 212 valence electrons. The molecule has 2 aromatic carbocycles. The van der Waals surface area contributed by atoms with Crippen molar-refractivity contribution in [3.8, 4) is 0 Å². The number of anilines is 1. The summed E-state index contributed by atoms with van der Waals surface area (Å²) in [6.07, 6.45) is 7.59. The third kappa shape index (κ3) is 7.67. The first-order chi connectivity index (χ1) is 18.8. The third-order valence-corrected chi connectivity index (χ3v) is 8.21. The van der Waals surface area contributed by atoms with Gasteiger partial charge in [0.15, 0.2) is 0 Å². The monoisotopic (exact) mass is 537 g/mol. The van der Waals surface area contributed by atoms with Crippen LogP contribution in [0.2, 0.25) is 0 Å². The molecule has 39 heavy (non-hydrogen) atoms. The Morgan fingerprint density at radius 1 is 1.00 bits per heavy atom. The van der Waals surface area contributed by atoms with E-state index >= 15 is 0 Å². The predicted molar refractivity (Wildman–Crippen MR) is 154 cm³/mol. The molecule has 2 aromatic rings. The van der Waals surface area contributed by atoms with E-state index in [9.17, 15) is 14.0 Å². The molecule has 1 fully saturated rings. The van der Waals surface area contributed by atoms with Gasteiger partial charge in [-0.25, -0.2) is 4.39 Å². The van der Waals surface area contributed by atoms with Gasteiger partial charge in [0, 0.05) is 62.5 Å². The Labute approximate surface area is 232 Å². The Bertz CT molecular complexity index is 1130. The Morgan fingerprint density at radius 2 is 1.69 bits per heavy atom. The fourth-order valence-corrected chi connectivity index (χ4v) is 5.85. The van der Waals surface area contributed by atoms with Crippen LogP contribution >= 0.6 is 0 Å². The van der Waals surface area contributed by atoms with E-state index in [4.69, 9.17) is 4.74 Å². The predicted octanol–water partition coefficient (Wildman–Crippen LogP) is 5.83. The SMILES string of the molecule is CC(=O)N1CCCCCCCN(C2CCOCC2)Cc2cc(C(=O)NCC(C)(C)c3ccccc3F)ccc21. The number of hydrogen-bond donors (Lipinski definition) is 1. The first-order valence-electron chi connectivity index (χ1n) is 14.5. The summed E-state index contributed by atoms with van der Waals surface area (Å²) in [5.74, 6) is -0.441. The Balaban J connectivity index is 1.60. The summed E-state index contributed by atoms with van der Waals surface area (Å²) in [5.41, 5.74) is 2.46. The Morgan fingerprint density at radius 3 is 2.41 bits per heavy atom. The lowest BCUT2D eigenvalue weighted by atomic mass is 9.84. The molecule has 0 aromatic heterocycles. The van der Waals surface area contributed by atoms with Gasteiger partial charge in [0.25, 0.3) is 5.91 Å². The molecule has 6 nitrogen and oxygen atoms in total. The highest BCUT2D eigenvalue weighted by molar-refractivity contribution is 5.97. The van der Waals surface area contributed by atoms with Gasteiger partial charge in [-0.15, -0.1) is 0 Å². The molecular weight excluding hydrogens is 493 g/mol. The highest BCUT2D eigenvalue weighted by atomic mass is 19.1. The number of rotatable bonds is 5. The van der Waals surface area contributed by atoms with Crippen molar-refractivity contribution in [3.05, 3.63) is 65.0 Å². The van der Waals surface area contributed by atoms with Gasteiger partial charge in [0.1, 0.15) is 5.82 Å². The molecular formula is C32H44FN3O3. The third-order valence-electron chi connectivity index (χ3n) is 8.21. The molecule has 2 aliphatic heterocycles. The number of nitrogens with zero attached hydrogens (tertiary/aromatic N) is 2. The standard InChI is InChI=1S/C32H44FN3O3/c1-24(37)36-18-10-6-4-5-9-17-35(27-15-19-39-20-16-27)22-26-21-25(13-14-30(26)36)31(38)34-23-32(2,3)28-11-7-8-12-29(28)33/h7-8,11-14,21,27H,4-6,9-10,15-20,22-23H2,1-3H3,(H,34,38). The molecule has 7 heteroatoms. The summed E-state index contributed by atoms with van der Waals surface area (Å²) in [6, 6.07) is 12.8. The van der Waals surface area contributed by atoms with Gasteiger partial charge in [0.2, 0.25) is 5.91 Å². The van der Waals surface area contributed by atoms with Crippen LogP contribution in [0.25, 0.3) is 0 Å². The molecule has 2 heterocycles. The number of carbonyl (C=O) groups excluding carboxylic acids is 2. The number of hydrogen-bond acceptors (Lipinski definition) is 4. The van der Waals surface area contributed by atoms with Crippen molar-refractivity contribution in [3.63, 3.8) is 0 Å². The van der Waals surface area contributed by atoms with Crippen molar-refractivity contribution in [1.82, 2.24) is 10.2 Å². The van der Waals surface area contributed by atoms with Crippen molar-refractivity contribution in [2.24, 2.45) is 0 Å². The number of benzene rings is 2. The fraction of sp³-hybridized carbons (Fsp3) is 0.562. The molecule has 4 rings (SSSR count). The number of carbonyl (C=O) groups is 2. The van der Waals surface area contributed by atoms with Gasteiger partial charge in [-0.1, -0.05) is 51.3 Å². The second-order valence-electron chi connectivity index (χ2n) is 11.6.